The van der Waals surface area contributed by atoms with Gasteiger partial charge in [0.15, 0.2) is 0 Å². The Hall–Kier alpha value is -2.59. The van der Waals surface area contributed by atoms with E-state index in [2.05, 4.69) is 35.0 Å². The second-order valence-electron chi connectivity index (χ2n) is 6.06. The van der Waals surface area contributed by atoms with E-state index in [1.807, 2.05) is 37.3 Å². The van der Waals surface area contributed by atoms with Crippen molar-refractivity contribution in [3.63, 3.8) is 0 Å². The van der Waals surface area contributed by atoms with Gasteiger partial charge in [0, 0.05) is 28.2 Å². The van der Waals surface area contributed by atoms with Crippen LogP contribution in [0.1, 0.15) is 29.7 Å². The van der Waals surface area contributed by atoms with Crippen molar-refractivity contribution in [3.8, 4) is 16.9 Å². The number of amides is 1. The molecule has 4 rings (SSSR count). The summed E-state index contributed by atoms with van der Waals surface area (Å²) < 4.78 is 5.52. The maximum atomic E-state index is 12.3. The Morgan fingerprint density at radius 2 is 1.88 bits per heavy atom. The van der Waals surface area contributed by atoms with Crippen LogP contribution in [0.2, 0.25) is 0 Å². The quantitative estimate of drug-likeness (QED) is 0.695. The Kier molecular flexibility index (Phi) is 4.28. The first kappa shape index (κ1) is 15.9. The third kappa shape index (κ3) is 3.05. The molecule has 2 heterocycles. The molecule has 0 spiro atoms. The van der Waals surface area contributed by atoms with Gasteiger partial charge in [-0.05, 0) is 30.2 Å². The smallest absolute Gasteiger partial charge is 0.225 e. The van der Waals surface area contributed by atoms with E-state index >= 15 is 0 Å². The molecule has 1 N–H and O–H groups in total. The third-order valence-electron chi connectivity index (χ3n) is 4.47. The van der Waals surface area contributed by atoms with Crippen molar-refractivity contribution >= 4 is 22.9 Å². The molecule has 1 atom stereocenters. The van der Waals surface area contributed by atoms with Crippen molar-refractivity contribution in [2.24, 2.45) is 0 Å². The fraction of sp³-hybridized carbons (Fsp3) is 0.190. The normalized spacial score (nSPS) is 16.2. The van der Waals surface area contributed by atoms with Gasteiger partial charge in [0.1, 0.15) is 5.75 Å². The average Bonchev–Trinajstić information content (AvgIpc) is 3.06. The molecule has 2 aromatic carbocycles. The van der Waals surface area contributed by atoms with E-state index in [0.29, 0.717) is 13.0 Å². The van der Waals surface area contributed by atoms with E-state index in [9.17, 15) is 4.79 Å². The number of ether oxygens (including phenoxy) is 1. The molecule has 0 saturated heterocycles. The van der Waals surface area contributed by atoms with Crippen LogP contribution in [0.25, 0.3) is 11.1 Å². The van der Waals surface area contributed by atoms with Crippen molar-refractivity contribution in [3.05, 3.63) is 70.4 Å². The van der Waals surface area contributed by atoms with Gasteiger partial charge in [0.2, 0.25) is 5.91 Å². The Morgan fingerprint density at radius 3 is 2.60 bits per heavy atom. The van der Waals surface area contributed by atoms with E-state index in [1.165, 1.54) is 4.88 Å². The first-order chi connectivity index (χ1) is 12.3. The number of hydrogen-bond donors (Lipinski definition) is 1. The lowest BCUT2D eigenvalue weighted by molar-refractivity contribution is -0.116. The lowest BCUT2D eigenvalue weighted by Crippen LogP contribution is -2.22. The predicted molar refractivity (Wildman–Crippen MR) is 102 cm³/mol. The van der Waals surface area contributed by atoms with Gasteiger partial charge >= 0.3 is 0 Å². The molecule has 3 aromatic rings. The molecule has 4 heteroatoms. The summed E-state index contributed by atoms with van der Waals surface area (Å²) in [5.41, 5.74) is 4.35. The Bertz CT molecular complexity index is 884. The number of benzene rings is 2. The van der Waals surface area contributed by atoms with Crippen LogP contribution in [0.4, 0.5) is 5.69 Å². The largest absolute Gasteiger partial charge is 0.494 e. The summed E-state index contributed by atoms with van der Waals surface area (Å²) in [4.78, 5) is 13.6. The number of carbonyl (C=O) groups excluding carboxylic acids is 1. The maximum Gasteiger partial charge on any atom is 0.225 e. The zero-order valence-corrected chi connectivity index (χ0v) is 14.8. The Labute approximate surface area is 151 Å². The lowest BCUT2D eigenvalue weighted by Gasteiger charge is -2.24. The highest BCUT2D eigenvalue weighted by Gasteiger charge is 2.30. The van der Waals surface area contributed by atoms with Crippen LogP contribution in [0, 0.1) is 0 Å². The molecule has 1 aliphatic heterocycles. The SMILES string of the molecule is CCOc1ccc(C2CC(=O)Nc3c(-c4ccccc4)csc32)cc1. The number of rotatable bonds is 4. The van der Waals surface area contributed by atoms with Crippen molar-refractivity contribution in [1.29, 1.82) is 0 Å². The molecule has 0 saturated carbocycles. The van der Waals surface area contributed by atoms with Crippen molar-refractivity contribution in [2.75, 3.05) is 11.9 Å². The molecule has 25 heavy (non-hydrogen) atoms. The summed E-state index contributed by atoms with van der Waals surface area (Å²) in [5, 5.41) is 5.23. The topological polar surface area (TPSA) is 38.3 Å². The minimum Gasteiger partial charge on any atom is -0.494 e. The van der Waals surface area contributed by atoms with Crippen molar-refractivity contribution in [1.82, 2.24) is 0 Å². The highest BCUT2D eigenvalue weighted by atomic mass is 32.1. The predicted octanol–water partition coefficient (Wildman–Crippen LogP) is 5.29. The summed E-state index contributed by atoms with van der Waals surface area (Å²) >= 11 is 1.72. The van der Waals surface area contributed by atoms with E-state index in [0.717, 1.165) is 28.1 Å². The Morgan fingerprint density at radius 1 is 1.12 bits per heavy atom. The van der Waals surface area contributed by atoms with E-state index < -0.39 is 0 Å². The second-order valence-corrected chi connectivity index (χ2v) is 6.97. The third-order valence-corrected chi connectivity index (χ3v) is 5.56. The summed E-state index contributed by atoms with van der Waals surface area (Å²) in [6.07, 6.45) is 0.482. The minimum absolute atomic E-state index is 0.0713. The zero-order valence-electron chi connectivity index (χ0n) is 14.0. The number of nitrogens with one attached hydrogen (secondary N) is 1. The average molecular weight is 349 g/mol. The van der Waals surface area contributed by atoms with Crippen LogP contribution in [0.5, 0.6) is 5.75 Å². The molecule has 126 valence electrons. The molecule has 0 radical (unpaired) electrons. The van der Waals surface area contributed by atoms with Crippen LogP contribution in [0.3, 0.4) is 0 Å². The molecule has 1 amide bonds. The minimum atomic E-state index is 0.0713. The molecular weight excluding hydrogens is 330 g/mol. The van der Waals surface area contributed by atoms with Crippen LogP contribution in [-0.4, -0.2) is 12.5 Å². The van der Waals surface area contributed by atoms with Gasteiger partial charge in [-0.3, -0.25) is 4.79 Å². The van der Waals surface area contributed by atoms with Gasteiger partial charge in [0.25, 0.3) is 0 Å². The van der Waals surface area contributed by atoms with Crippen LogP contribution >= 0.6 is 11.3 Å². The standard InChI is InChI=1S/C21H19NO2S/c1-2-24-16-10-8-15(9-11-16)17-12-19(23)22-20-18(13-25-21(17)20)14-6-4-3-5-7-14/h3-11,13,17H,2,12H2,1H3,(H,22,23). The monoisotopic (exact) mass is 349 g/mol. The molecule has 0 aliphatic carbocycles. The van der Waals surface area contributed by atoms with Crippen LogP contribution in [-0.2, 0) is 4.79 Å². The fourth-order valence-corrected chi connectivity index (χ4v) is 4.45. The Balaban J connectivity index is 1.73. The zero-order chi connectivity index (χ0) is 17.2. The number of carbonyl (C=O) groups is 1. The van der Waals surface area contributed by atoms with Gasteiger partial charge in [-0.2, -0.15) is 0 Å². The highest BCUT2D eigenvalue weighted by Crippen LogP contribution is 2.46. The molecule has 0 bridgehead atoms. The van der Waals surface area contributed by atoms with Gasteiger partial charge in [-0.15, -0.1) is 11.3 Å². The fourth-order valence-electron chi connectivity index (χ4n) is 3.29. The number of hydrogen-bond acceptors (Lipinski definition) is 3. The van der Waals surface area contributed by atoms with Crippen LogP contribution < -0.4 is 10.1 Å². The van der Waals surface area contributed by atoms with Gasteiger partial charge in [0.05, 0.1) is 12.3 Å². The molecule has 0 fully saturated rings. The highest BCUT2D eigenvalue weighted by molar-refractivity contribution is 7.11. The number of thiophene rings is 1. The summed E-state index contributed by atoms with van der Waals surface area (Å²) in [6, 6.07) is 18.3. The van der Waals surface area contributed by atoms with E-state index in [4.69, 9.17) is 4.74 Å². The summed E-state index contributed by atoms with van der Waals surface area (Å²) in [6.45, 7) is 2.63. The van der Waals surface area contributed by atoms with Crippen molar-refractivity contribution in [2.45, 2.75) is 19.3 Å². The summed E-state index contributed by atoms with van der Waals surface area (Å²) in [5.74, 6) is 1.03. The van der Waals surface area contributed by atoms with Crippen molar-refractivity contribution < 1.29 is 9.53 Å². The molecule has 1 unspecified atom stereocenters. The molecule has 1 aliphatic rings. The van der Waals surface area contributed by atoms with Gasteiger partial charge < -0.3 is 10.1 Å². The second kappa shape index (κ2) is 6.73. The molecular formula is C21H19NO2S. The maximum absolute atomic E-state index is 12.3. The summed E-state index contributed by atoms with van der Waals surface area (Å²) in [7, 11) is 0. The number of anilines is 1. The van der Waals surface area contributed by atoms with Gasteiger partial charge in [-0.1, -0.05) is 42.5 Å². The number of fused-ring (bicyclic) bond motifs is 1. The van der Waals surface area contributed by atoms with Crippen LogP contribution in [0.15, 0.2) is 60.0 Å². The lowest BCUT2D eigenvalue weighted by atomic mass is 9.89. The molecule has 1 aromatic heterocycles. The van der Waals surface area contributed by atoms with E-state index in [-0.39, 0.29) is 11.8 Å². The first-order valence-corrected chi connectivity index (χ1v) is 9.33. The molecule has 3 nitrogen and oxygen atoms in total. The first-order valence-electron chi connectivity index (χ1n) is 8.45. The van der Waals surface area contributed by atoms with E-state index in [1.54, 1.807) is 11.3 Å². The van der Waals surface area contributed by atoms with Gasteiger partial charge in [-0.25, -0.2) is 0 Å².